The Hall–Kier alpha value is -1.86. The van der Waals surface area contributed by atoms with Crippen molar-refractivity contribution in [2.24, 2.45) is 10.5 Å². The lowest BCUT2D eigenvalue weighted by molar-refractivity contribution is 0.588. The molecular weight excluding hydrogens is 243 g/mol. The van der Waals surface area contributed by atoms with Crippen molar-refractivity contribution >= 4 is 23.7 Å². The summed E-state index contributed by atoms with van der Waals surface area (Å²) >= 11 is 0. The summed E-state index contributed by atoms with van der Waals surface area (Å²) < 4.78 is 17.4. The number of hydrogen-bond acceptors (Lipinski definition) is 1. The summed E-state index contributed by atoms with van der Waals surface area (Å²) in [5, 5.41) is 1.39. The van der Waals surface area contributed by atoms with Crippen molar-refractivity contribution in [3.63, 3.8) is 0 Å². The zero-order valence-electron chi connectivity index (χ0n) is 10.2. The Bertz CT molecular complexity index is 546. The van der Waals surface area contributed by atoms with Gasteiger partial charge in [0.25, 0.3) is 0 Å². The van der Waals surface area contributed by atoms with Crippen LogP contribution in [0.15, 0.2) is 65.4 Å². The monoisotopic (exact) mass is 258 g/mol. The smallest absolute Gasteiger partial charge is 0.248 e. The van der Waals surface area contributed by atoms with Gasteiger partial charge in [0, 0.05) is 10.6 Å². The van der Waals surface area contributed by atoms with Gasteiger partial charge in [-0.25, -0.2) is 4.76 Å². The Balaban J connectivity index is 2.63. The van der Waals surface area contributed by atoms with E-state index in [2.05, 4.69) is 4.76 Å². The molecule has 2 aromatic carbocycles. The van der Waals surface area contributed by atoms with Crippen molar-refractivity contribution in [3.05, 3.63) is 60.7 Å². The second kappa shape index (κ2) is 5.19. The molecule has 18 heavy (non-hydrogen) atoms. The largest absolute Gasteiger partial charge is 0.387 e. The fourth-order valence-electron chi connectivity index (χ4n) is 1.75. The Morgan fingerprint density at radius 2 is 1.33 bits per heavy atom. The van der Waals surface area contributed by atoms with E-state index >= 15 is 0 Å². The molecule has 0 aliphatic rings. The van der Waals surface area contributed by atoms with Crippen LogP contribution in [0, 0.1) is 0 Å². The highest BCUT2D eigenvalue weighted by molar-refractivity contribution is 7.77. The summed E-state index contributed by atoms with van der Waals surface area (Å²) in [7, 11) is -3.02. The lowest BCUT2D eigenvalue weighted by Crippen LogP contribution is -2.17. The van der Waals surface area contributed by atoms with Gasteiger partial charge in [0.05, 0.1) is 5.84 Å². The second-order valence-electron chi connectivity index (χ2n) is 3.99. The first kappa shape index (κ1) is 12.6. The summed E-state index contributed by atoms with van der Waals surface area (Å²) in [4.78, 5) is 0. The second-order valence-corrected chi connectivity index (χ2v) is 6.37. The third-order valence-corrected chi connectivity index (χ3v) is 5.10. The zero-order chi connectivity index (χ0) is 13.0. The van der Waals surface area contributed by atoms with E-state index in [-0.39, 0.29) is 0 Å². The van der Waals surface area contributed by atoms with Crippen LogP contribution >= 0.6 is 7.29 Å². The number of benzene rings is 2. The van der Waals surface area contributed by atoms with Gasteiger partial charge in [0.1, 0.15) is 0 Å². The molecule has 0 aromatic heterocycles. The normalized spacial score (nSPS) is 12.4. The number of rotatable bonds is 3. The molecule has 0 saturated carbocycles. The van der Waals surface area contributed by atoms with Crippen LogP contribution in [0.3, 0.4) is 0 Å². The SMILES string of the molecule is C/C(N)=N\P(=O)(c1ccccc1)c1ccccc1. The summed E-state index contributed by atoms with van der Waals surface area (Å²) in [6.45, 7) is 1.65. The highest BCUT2D eigenvalue weighted by Crippen LogP contribution is 2.44. The van der Waals surface area contributed by atoms with Crippen molar-refractivity contribution in [2.75, 3.05) is 0 Å². The molecule has 0 amide bonds. The summed E-state index contributed by atoms with van der Waals surface area (Å²) in [6.07, 6.45) is 0. The Kier molecular flexibility index (Phi) is 3.63. The number of nitrogens with two attached hydrogens (primary N) is 1. The summed E-state index contributed by atoms with van der Waals surface area (Å²) in [6, 6.07) is 18.5. The first-order chi connectivity index (χ1) is 8.63. The Morgan fingerprint density at radius 1 is 0.944 bits per heavy atom. The molecule has 2 N–H and O–H groups in total. The first-order valence-corrected chi connectivity index (χ1v) is 7.32. The van der Waals surface area contributed by atoms with Crippen LogP contribution in [0.1, 0.15) is 6.92 Å². The molecular formula is C14H15N2OP. The van der Waals surface area contributed by atoms with Crippen molar-refractivity contribution in [1.82, 2.24) is 0 Å². The van der Waals surface area contributed by atoms with Gasteiger partial charge < -0.3 is 5.73 Å². The number of nitrogens with zero attached hydrogens (tertiary/aromatic N) is 1. The predicted molar refractivity (Wildman–Crippen MR) is 77.1 cm³/mol. The van der Waals surface area contributed by atoms with Crippen LogP contribution in [-0.4, -0.2) is 5.84 Å². The van der Waals surface area contributed by atoms with E-state index in [0.29, 0.717) is 16.4 Å². The highest BCUT2D eigenvalue weighted by atomic mass is 31.2. The van der Waals surface area contributed by atoms with Crippen molar-refractivity contribution in [1.29, 1.82) is 0 Å². The third-order valence-electron chi connectivity index (χ3n) is 2.51. The summed E-state index contributed by atoms with van der Waals surface area (Å²) in [5.74, 6) is 0.325. The number of amidine groups is 1. The maximum absolute atomic E-state index is 13.2. The molecule has 2 rings (SSSR count). The minimum atomic E-state index is -3.02. The Morgan fingerprint density at radius 3 is 1.67 bits per heavy atom. The minimum Gasteiger partial charge on any atom is -0.387 e. The van der Waals surface area contributed by atoms with Crippen LogP contribution in [0.25, 0.3) is 0 Å². The van der Waals surface area contributed by atoms with E-state index < -0.39 is 7.29 Å². The molecule has 3 nitrogen and oxygen atoms in total. The Labute approximate surface area is 107 Å². The van der Waals surface area contributed by atoms with Crippen molar-refractivity contribution in [3.8, 4) is 0 Å². The lowest BCUT2D eigenvalue weighted by Gasteiger charge is -2.14. The van der Waals surface area contributed by atoms with Gasteiger partial charge in [0.15, 0.2) is 0 Å². The molecule has 4 heteroatoms. The average molecular weight is 258 g/mol. The number of hydrogen-bond donors (Lipinski definition) is 1. The van der Waals surface area contributed by atoms with E-state index in [1.165, 1.54) is 0 Å². The molecule has 0 aliphatic carbocycles. The predicted octanol–water partition coefficient (Wildman–Crippen LogP) is 2.29. The van der Waals surface area contributed by atoms with Crippen LogP contribution in [-0.2, 0) is 4.57 Å². The molecule has 0 radical (unpaired) electrons. The molecule has 2 aromatic rings. The van der Waals surface area contributed by atoms with Crippen molar-refractivity contribution < 1.29 is 4.57 Å². The third kappa shape index (κ3) is 2.52. The standard InChI is InChI=1S/C14H15N2OP/c1-12(15)16-18(17,13-8-4-2-5-9-13)14-10-6-3-7-11-14/h2-11H,1H3,(H2,15,16,17). The van der Waals surface area contributed by atoms with Gasteiger partial charge in [-0.1, -0.05) is 36.4 Å². The van der Waals surface area contributed by atoms with Crippen LogP contribution in [0.4, 0.5) is 0 Å². The maximum atomic E-state index is 13.2. The molecule has 0 aliphatic heterocycles. The molecule has 0 bridgehead atoms. The van der Waals surface area contributed by atoms with E-state index in [9.17, 15) is 4.57 Å². The van der Waals surface area contributed by atoms with Crippen LogP contribution < -0.4 is 16.3 Å². The molecule has 0 saturated heterocycles. The molecule has 0 spiro atoms. The maximum Gasteiger partial charge on any atom is 0.248 e. The van der Waals surface area contributed by atoms with Gasteiger partial charge in [0.2, 0.25) is 7.29 Å². The van der Waals surface area contributed by atoms with E-state index in [1.807, 2.05) is 60.7 Å². The lowest BCUT2D eigenvalue weighted by atomic mass is 10.4. The molecule has 0 fully saturated rings. The van der Waals surface area contributed by atoms with Gasteiger partial charge >= 0.3 is 0 Å². The van der Waals surface area contributed by atoms with Crippen molar-refractivity contribution in [2.45, 2.75) is 6.92 Å². The summed E-state index contributed by atoms with van der Waals surface area (Å²) in [5.41, 5.74) is 5.63. The van der Waals surface area contributed by atoms with E-state index in [0.717, 1.165) is 0 Å². The quantitative estimate of drug-likeness (QED) is 0.521. The minimum absolute atomic E-state index is 0.325. The average Bonchev–Trinajstić information content (AvgIpc) is 2.40. The van der Waals surface area contributed by atoms with E-state index in [1.54, 1.807) is 6.92 Å². The molecule has 0 unspecified atom stereocenters. The molecule has 0 atom stereocenters. The molecule has 92 valence electrons. The van der Waals surface area contributed by atoms with Gasteiger partial charge in [-0.2, -0.15) is 0 Å². The van der Waals surface area contributed by atoms with Gasteiger partial charge in [-0.3, -0.25) is 4.57 Å². The van der Waals surface area contributed by atoms with Gasteiger partial charge in [-0.05, 0) is 31.2 Å². The van der Waals surface area contributed by atoms with Crippen LogP contribution in [0.5, 0.6) is 0 Å². The van der Waals surface area contributed by atoms with E-state index in [4.69, 9.17) is 5.73 Å². The fourth-order valence-corrected chi connectivity index (χ4v) is 3.87. The fraction of sp³-hybridized carbons (Fsp3) is 0.0714. The van der Waals surface area contributed by atoms with Gasteiger partial charge in [-0.15, -0.1) is 0 Å². The highest BCUT2D eigenvalue weighted by Gasteiger charge is 2.26. The molecule has 0 heterocycles. The van der Waals surface area contributed by atoms with Crippen LogP contribution in [0.2, 0.25) is 0 Å². The topological polar surface area (TPSA) is 55.4 Å². The first-order valence-electron chi connectivity index (χ1n) is 5.66. The zero-order valence-corrected chi connectivity index (χ0v) is 11.0.